The van der Waals surface area contributed by atoms with E-state index in [1.54, 1.807) is 26.0 Å². The molecule has 100 valence electrons. The fourth-order valence-corrected chi connectivity index (χ4v) is 3.82. The third-order valence-corrected chi connectivity index (χ3v) is 5.04. The first-order valence-electron chi connectivity index (χ1n) is 5.87. The molecule has 1 saturated carbocycles. The summed E-state index contributed by atoms with van der Waals surface area (Å²) in [6.45, 7) is 3.50. The molecule has 1 aromatic carbocycles. The minimum absolute atomic E-state index is 0.156. The molecule has 0 unspecified atom stereocenters. The van der Waals surface area contributed by atoms with Gasteiger partial charge in [-0.1, -0.05) is 12.1 Å². The van der Waals surface area contributed by atoms with E-state index in [1.807, 2.05) is 0 Å². The zero-order valence-corrected chi connectivity index (χ0v) is 11.3. The van der Waals surface area contributed by atoms with E-state index in [0.29, 0.717) is 24.1 Å². The highest BCUT2D eigenvalue weighted by molar-refractivity contribution is 7.89. The van der Waals surface area contributed by atoms with Gasteiger partial charge in [-0.05, 0) is 37.8 Å². The molecule has 1 aliphatic carbocycles. The number of benzene rings is 1. The molecule has 0 aromatic heterocycles. The summed E-state index contributed by atoms with van der Waals surface area (Å²) >= 11 is 0. The SMILES string of the molecule is Cc1ccc(C)c(S(=O)(=O)NC2CC(O)C2)c1N. The van der Waals surface area contributed by atoms with Crippen LogP contribution in [0.2, 0.25) is 0 Å². The molecule has 0 radical (unpaired) electrons. The third-order valence-electron chi connectivity index (χ3n) is 3.31. The number of aryl methyl sites for hydroxylation is 2. The van der Waals surface area contributed by atoms with Gasteiger partial charge in [0.05, 0.1) is 11.8 Å². The van der Waals surface area contributed by atoms with Crippen LogP contribution in [0.3, 0.4) is 0 Å². The summed E-state index contributed by atoms with van der Waals surface area (Å²) in [6.07, 6.45) is 0.530. The molecule has 1 aromatic rings. The largest absolute Gasteiger partial charge is 0.397 e. The van der Waals surface area contributed by atoms with Crippen molar-refractivity contribution in [3.63, 3.8) is 0 Å². The molecule has 6 heteroatoms. The van der Waals surface area contributed by atoms with Gasteiger partial charge >= 0.3 is 0 Å². The standard InChI is InChI=1S/C12H18N2O3S/c1-7-3-4-8(2)12(11(7)13)18(16,17)14-9-5-10(15)6-9/h3-4,9-10,14-15H,5-6,13H2,1-2H3. The number of aliphatic hydroxyl groups excluding tert-OH is 1. The lowest BCUT2D eigenvalue weighted by Gasteiger charge is -2.32. The molecule has 1 aliphatic rings. The molecule has 0 saturated heterocycles. The molecule has 2 rings (SSSR count). The van der Waals surface area contributed by atoms with Gasteiger partial charge in [0, 0.05) is 6.04 Å². The van der Waals surface area contributed by atoms with Gasteiger partial charge in [-0.25, -0.2) is 13.1 Å². The molecule has 0 atom stereocenters. The number of anilines is 1. The summed E-state index contributed by atoms with van der Waals surface area (Å²) in [5.41, 5.74) is 7.53. The average Bonchev–Trinajstić information content (AvgIpc) is 2.21. The predicted octanol–water partition coefficient (Wildman–Crippen LogP) is 0.687. The summed E-state index contributed by atoms with van der Waals surface area (Å²) in [4.78, 5) is 0.156. The van der Waals surface area contributed by atoms with Crippen LogP contribution in [0.15, 0.2) is 17.0 Å². The lowest BCUT2D eigenvalue weighted by molar-refractivity contribution is 0.0712. The van der Waals surface area contributed by atoms with Crippen LogP contribution in [0.25, 0.3) is 0 Å². The fourth-order valence-electron chi connectivity index (χ4n) is 2.13. The van der Waals surface area contributed by atoms with E-state index in [9.17, 15) is 13.5 Å². The Hall–Kier alpha value is -1.11. The first-order valence-corrected chi connectivity index (χ1v) is 7.35. The van der Waals surface area contributed by atoms with Gasteiger partial charge in [0.15, 0.2) is 0 Å². The minimum atomic E-state index is -3.61. The second-order valence-corrected chi connectivity index (χ2v) is 6.54. The Kier molecular flexibility index (Phi) is 3.35. The molecule has 0 spiro atoms. The normalized spacial score (nSPS) is 23.7. The molecule has 0 heterocycles. The maximum Gasteiger partial charge on any atom is 0.243 e. The van der Waals surface area contributed by atoms with Crippen molar-refractivity contribution in [1.29, 1.82) is 0 Å². The Bertz CT molecular complexity index is 563. The second kappa shape index (κ2) is 4.53. The Balaban J connectivity index is 2.32. The Labute approximate surface area is 107 Å². The molecular formula is C12H18N2O3S. The number of sulfonamides is 1. The van der Waals surface area contributed by atoms with E-state index < -0.39 is 16.1 Å². The van der Waals surface area contributed by atoms with Gasteiger partial charge in [-0.3, -0.25) is 0 Å². The zero-order valence-electron chi connectivity index (χ0n) is 10.5. The lowest BCUT2D eigenvalue weighted by Crippen LogP contribution is -2.46. The highest BCUT2D eigenvalue weighted by Crippen LogP contribution is 2.28. The highest BCUT2D eigenvalue weighted by atomic mass is 32.2. The van der Waals surface area contributed by atoms with Crippen molar-refractivity contribution in [2.45, 2.75) is 43.7 Å². The molecule has 0 bridgehead atoms. The number of nitrogen functional groups attached to an aromatic ring is 1. The summed E-state index contributed by atoms with van der Waals surface area (Å²) < 4.78 is 27.1. The summed E-state index contributed by atoms with van der Waals surface area (Å²) in [5.74, 6) is 0. The quantitative estimate of drug-likeness (QED) is 0.704. The maximum atomic E-state index is 12.3. The Morgan fingerprint density at radius 2 is 1.83 bits per heavy atom. The van der Waals surface area contributed by atoms with Gasteiger partial charge in [0.2, 0.25) is 10.0 Å². The van der Waals surface area contributed by atoms with Crippen molar-refractivity contribution >= 4 is 15.7 Å². The fraction of sp³-hybridized carbons (Fsp3) is 0.500. The van der Waals surface area contributed by atoms with Gasteiger partial charge in [0.25, 0.3) is 0 Å². The first kappa shape index (κ1) is 13.3. The second-order valence-electron chi connectivity index (χ2n) is 4.89. The maximum absolute atomic E-state index is 12.3. The topological polar surface area (TPSA) is 92.4 Å². The Morgan fingerprint density at radius 3 is 2.39 bits per heavy atom. The summed E-state index contributed by atoms with van der Waals surface area (Å²) in [5, 5.41) is 9.18. The van der Waals surface area contributed by atoms with Gasteiger partial charge < -0.3 is 10.8 Å². The van der Waals surface area contributed by atoms with Crippen molar-refractivity contribution in [1.82, 2.24) is 4.72 Å². The van der Waals surface area contributed by atoms with E-state index in [0.717, 1.165) is 5.56 Å². The number of hydrogen-bond donors (Lipinski definition) is 3. The van der Waals surface area contributed by atoms with Crippen LogP contribution in [-0.4, -0.2) is 25.7 Å². The monoisotopic (exact) mass is 270 g/mol. The first-order chi connectivity index (χ1) is 8.31. The van der Waals surface area contributed by atoms with Gasteiger partial charge in [0.1, 0.15) is 4.90 Å². The van der Waals surface area contributed by atoms with E-state index in [2.05, 4.69) is 4.72 Å². The van der Waals surface area contributed by atoms with Gasteiger partial charge in [-0.15, -0.1) is 0 Å². The molecule has 4 N–H and O–H groups in total. The van der Waals surface area contributed by atoms with Crippen LogP contribution in [0.5, 0.6) is 0 Å². The van der Waals surface area contributed by atoms with Crippen LogP contribution in [0, 0.1) is 13.8 Å². The number of aliphatic hydroxyl groups is 1. The summed E-state index contributed by atoms with van der Waals surface area (Å²) in [6, 6.07) is 3.36. The van der Waals surface area contributed by atoms with E-state index in [4.69, 9.17) is 5.73 Å². The van der Waals surface area contributed by atoms with Crippen LogP contribution in [0.4, 0.5) is 5.69 Å². The molecular weight excluding hydrogens is 252 g/mol. The number of nitrogens with two attached hydrogens (primary N) is 1. The van der Waals surface area contributed by atoms with Gasteiger partial charge in [-0.2, -0.15) is 0 Å². The van der Waals surface area contributed by atoms with E-state index >= 15 is 0 Å². The average molecular weight is 270 g/mol. The zero-order chi connectivity index (χ0) is 13.5. The highest BCUT2D eigenvalue weighted by Gasteiger charge is 2.32. The van der Waals surface area contributed by atoms with Crippen molar-refractivity contribution in [3.05, 3.63) is 23.3 Å². The van der Waals surface area contributed by atoms with Crippen LogP contribution >= 0.6 is 0 Å². The Morgan fingerprint density at radius 1 is 1.28 bits per heavy atom. The third kappa shape index (κ3) is 2.36. The lowest BCUT2D eigenvalue weighted by atomic mass is 9.91. The van der Waals surface area contributed by atoms with Crippen molar-refractivity contribution < 1.29 is 13.5 Å². The number of rotatable bonds is 3. The minimum Gasteiger partial charge on any atom is -0.397 e. The van der Waals surface area contributed by atoms with Crippen molar-refractivity contribution in [2.75, 3.05) is 5.73 Å². The smallest absolute Gasteiger partial charge is 0.243 e. The number of nitrogens with one attached hydrogen (secondary N) is 1. The molecule has 1 fully saturated rings. The predicted molar refractivity (Wildman–Crippen MR) is 69.7 cm³/mol. The van der Waals surface area contributed by atoms with Crippen molar-refractivity contribution in [2.24, 2.45) is 0 Å². The van der Waals surface area contributed by atoms with Crippen LogP contribution < -0.4 is 10.5 Å². The molecule has 5 nitrogen and oxygen atoms in total. The van der Waals surface area contributed by atoms with Crippen LogP contribution in [0.1, 0.15) is 24.0 Å². The molecule has 0 aliphatic heterocycles. The molecule has 18 heavy (non-hydrogen) atoms. The van der Waals surface area contributed by atoms with E-state index in [-0.39, 0.29) is 10.9 Å². The summed E-state index contributed by atoms with van der Waals surface area (Å²) in [7, 11) is -3.61. The van der Waals surface area contributed by atoms with Crippen molar-refractivity contribution in [3.8, 4) is 0 Å². The number of hydrogen-bond acceptors (Lipinski definition) is 4. The van der Waals surface area contributed by atoms with E-state index in [1.165, 1.54) is 0 Å². The van der Waals surface area contributed by atoms with Crippen LogP contribution in [-0.2, 0) is 10.0 Å². The molecule has 0 amide bonds.